The minimum absolute atomic E-state index is 0.152. The lowest BCUT2D eigenvalue weighted by molar-refractivity contribution is -0.129. The SMILES string of the molecule is COc1ccc(N2CC3CNCC(C2)C3=O)cc1. The van der Waals surface area contributed by atoms with Crippen molar-refractivity contribution in [2.45, 2.75) is 0 Å². The van der Waals surface area contributed by atoms with Gasteiger partial charge < -0.3 is 15.0 Å². The average Bonchev–Trinajstić information content (AvgIpc) is 2.38. The van der Waals surface area contributed by atoms with Crippen LogP contribution >= 0.6 is 0 Å². The first-order valence-electron chi connectivity index (χ1n) is 6.41. The van der Waals surface area contributed by atoms with Crippen molar-refractivity contribution in [2.75, 3.05) is 38.2 Å². The van der Waals surface area contributed by atoms with Crippen LogP contribution in [0.3, 0.4) is 0 Å². The second kappa shape index (κ2) is 4.61. The van der Waals surface area contributed by atoms with Gasteiger partial charge in [0.2, 0.25) is 0 Å². The van der Waals surface area contributed by atoms with Crippen LogP contribution < -0.4 is 15.0 Å². The number of carbonyl (C=O) groups is 1. The third-order valence-electron chi connectivity index (χ3n) is 3.91. The van der Waals surface area contributed by atoms with E-state index in [1.807, 2.05) is 12.1 Å². The summed E-state index contributed by atoms with van der Waals surface area (Å²) in [4.78, 5) is 14.3. The Morgan fingerprint density at radius 3 is 2.33 bits per heavy atom. The summed E-state index contributed by atoms with van der Waals surface area (Å²) >= 11 is 0. The average molecular weight is 246 g/mol. The lowest BCUT2D eigenvalue weighted by Crippen LogP contribution is -2.57. The fraction of sp³-hybridized carbons (Fsp3) is 0.500. The topological polar surface area (TPSA) is 41.6 Å². The van der Waals surface area contributed by atoms with E-state index in [0.29, 0.717) is 5.78 Å². The molecule has 96 valence electrons. The molecule has 1 aromatic rings. The summed E-state index contributed by atoms with van der Waals surface area (Å²) in [6, 6.07) is 8.08. The zero-order valence-corrected chi connectivity index (χ0v) is 10.6. The lowest BCUT2D eigenvalue weighted by Gasteiger charge is -2.41. The smallest absolute Gasteiger partial charge is 0.145 e. The molecule has 0 spiro atoms. The maximum Gasteiger partial charge on any atom is 0.145 e. The zero-order chi connectivity index (χ0) is 12.5. The molecule has 0 amide bonds. The van der Waals surface area contributed by atoms with Gasteiger partial charge in [0.15, 0.2) is 0 Å². The minimum atomic E-state index is 0.152. The van der Waals surface area contributed by atoms with Crippen molar-refractivity contribution >= 4 is 11.5 Å². The van der Waals surface area contributed by atoms with E-state index in [4.69, 9.17) is 4.74 Å². The molecule has 2 aliphatic heterocycles. The molecule has 1 aromatic carbocycles. The molecule has 1 N–H and O–H groups in total. The first kappa shape index (κ1) is 11.5. The highest BCUT2D eigenvalue weighted by atomic mass is 16.5. The normalized spacial score (nSPS) is 27.2. The van der Waals surface area contributed by atoms with Gasteiger partial charge in [-0.05, 0) is 24.3 Å². The molecule has 4 heteroatoms. The van der Waals surface area contributed by atoms with Crippen LogP contribution in [0.15, 0.2) is 24.3 Å². The molecule has 2 bridgehead atoms. The number of nitrogens with one attached hydrogen (secondary N) is 1. The van der Waals surface area contributed by atoms with Gasteiger partial charge in [0, 0.05) is 43.7 Å². The number of Topliss-reactive ketones (excluding diaryl/α,β-unsaturated/α-hetero) is 1. The number of benzene rings is 1. The van der Waals surface area contributed by atoms with Gasteiger partial charge in [0.05, 0.1) is 7.11 Å². The summed E-state index contributed by atoms with van der Waals surface area (Å²) in [6.45, 7) is 3.30. The van der Waals surface area contributed by atoms with Gasteiger partial charge in [-0.25, -0.2) is 0 Å². The van der Waals surface area contributed by atoms with Crippen molar-refractivity contribution in [1.29, 1.82) is 0 Å². The van der Waals surface area contributed by atoms with Gasteiger partial charge in [-0.3, -0.25) is 4.79 Å². The van der Waals surface area contributed by atoms with Crippen LogP contribution in [0, 0.1) is 11.8 Å². The number of nitrogens with zero attached hydrogens (tertiary/aromatic N) is 1. The quantitative estimate of drug-likeness (QED) is 0.842. The highest BCUT2D eigenvalue weighted by Crippen LogP contribution is 2.27. The fourth-order valence-corrected chi connectivity index (χ4v) is 2.89. The van der Waals surface area contributed by atoms with Gasteiger partial charge in [-0.1, -0.05) is 0 Å². The molecule has 2 aliphatic rings. The Morgan fingerprint density at radius 2 is 1.78 bits per heavy atom. The van der Waals surface area contributed by atoms with E-state index in [-0.39, 0.29) is 11.8 Å². The van der Waals surface area contributed by atoms with Gasteiger partial charge >= 0.3 is 0 Å². The first-order chi connectivity index (χ1) is 8.78. The van der Waals surface area contributed by atoms with Crippen LogP contribution in [0.2, 0.25) is 0 Å². The summed E-state index contributed by atoms with van der Waals surface area (Å²) in [5, 5.41) is 3.34. The second-order valence-corrected chi connectivity index (χ2v) is 5.06. The molecule has 0 aromatic heterocycles. The monoisotopic (exact) mass is 246 g/mol. The van der Waals surface area contributed by atoms with Crippen LogP contribution in [0.1, 0.15) is 0 Å². The highest BCUT2D eigenvalue weighted by Gasteiger charge is 2.37. The zero-order valence-electron chi connectivity index (χ0n) is 10.6. The Morgan fingerprint density at radius 1 is 1.17 bits per heavy atom. The Hall–Kier alpha value is -1.55. The molecule has 2 saturated heterocycles. The summed E-state index contributed by atoms with van der Waals surface area (Å²) in [5.74, 6) is 1.62. The van der Waals surface area contributed by atoms with Gasteiger partial charge in [-0.15, -0.1) is 0 Å². The van der Waals surface area contributed by atoms with Crippen molar-refractivity contribution in [2.24, 2.45) is 11.8 Å². The number of hydrogen-bond acceptors (Lipinski definition) is 4. The number of methoxy groups -OCH3 is 1. The molecule has 0 aliphatic carbocycles. The van der Waals surface area contributed by atoms with Crippen molar-refractivity contribution in [3.8, 4) is 5.75 Å². The van der Waals surface area contributed by atoms with E-state index in [1.165, 1.54) is 5.69 Å². The van der Waals surface area contributed by atoms with Gasteiger partial charge in [-0.2, -0.15) is 0 Å². The minimum Gasteiger partial charge on any atom is -0.497 e. The number of fused-ring (bicyclic) bond motifs is 2. The third-order valence-corrected chi connectivity index (χ3v) is 3.91. The Balaban J connectivity index is 1.78. The van der Waals surface area contributed by atoms with E-state index in [0.717, 1.165) is 31.9 Å². The van der Waals surface area contributed by atoms with Crippen molar-refractivity contribution in [1.82, 2.24) is 5.32 Å². The van der Waals surface area contributed by atoms with Crippen molar-refractivity contribution in [3.05, 3.63) is 24.3 Å². The number of anilines is 1. The molecule has 2 fully saturated rings. The Kier molecular flexibility index (Phi) is 2.96. The third kappa shape index (κ3) is 1.97. The number of carbonyl (C=O) groups excluding carboxylic acids is 1. The van der Waals surface area contributed by atoms with Gasteiger partial charge in [0.1, 0.15) is 11.5 Å². The number of hydrogen-bond donors (Lipinski definition) is 1. The summed E-state index contributed by atoms with van der Waals surface area (Å²) in [7, 11) is 1.67. The maximum atomic E-state index is 12.0. The second-order valence-electron chi connectivity index (χ2n) is 5.06. The summed E-state index contributed by atoms with van der Waals surface area (Å²) in [6.07, 6.45) is 0. The predicted octanol–water partition coefficient (Wildman–Crippen LogP) is 0.920. The first-order valence-corrected chi connectivity index (χ1v) is 6.41. The van der Waals surface area contributed by atoms with Crippen LogP contribution in [0.4, 0.5) is 5.69 Å². The summed E-state index contributed by atoms with van der Waals surface area (Å²) in [5.41, 5.74) is 1.18. The Bertz CT molecular complexity index is 428. The molecular formula is C14H18N2O2. The lowest BCUT2D eigenvalue weighted by atomic mass is 9.84. The van der Waals surface area contributed by atoms with Crippen LogP contribution in [0.5, 0.6) is 5.75 Å². The van der Waals surface area contributed by atoms with E-state index in [1.54, 1.807) is 7.11 Å². The Labute approximate surface area is 107 Å². The van der Waals surface area contributed by atoms with E-state index in [9.17, 15) is 4.79 Å². The van der Waals surface area contributed by atoms with Crippen molar-refractivity contribution in [3.63, 3.8) is 0 Å². The van der Waals surface area contributed by atoms with Gasteiger partial charge in [0.25, 0.3) is 0 Å². The summed E-state index contributed by atoms with van der Waals surface area (Å²) < 4.78 is 5.17. The van der Waals surface area contributed by atoms with Crippen LogP contribution in [-0.4, -0.2) is 39.1 Å². The highest BCUT2D eigenvalue weighted by molar-refractivity contribution is 5.87. The maximum absolute atomic E-state index is 12.0. The molecule has 0 saturated carbocycles. The molecule has 3 rings (SSSR count). The number of ketones is 1. The molecule has 18 heavy (non-hydrogen) atoms. The van der Waals surface area contributed by atoms with E-state index >= 15 is 0 Å². The standard InChI is InChI=1S/C14H18N2O2/c1-18-13-4-2-12(3-5-13)16-8-10-6-15-7-11(9-16)14(10)17/h2-5,10-11,15H,6-9H2,1H3. The number of piperidine rings is 2. The van der Waals surface area contributed by atoms with Crippen molar-refractivity contribution < 1.29 is 9.53 Å². The van der Waals surface area contributed by atoms with Crippen LogP contribution in [-0.2, 0) is 4.79 Å². The number of rotatable bonds is 2. The largest absolute Gasteiger partial charge is 0.497 e. The molecule has 2 unspecified atom stereocenters. The molecular weight excluding hydrogens is 228 g/mol. The fourth-order valence-electron chi connectivity index (χ4n) is 2.89. The van der Waals surface area contributed by atoms with E-state index in [2.05, 4.69) is 22.3 Å². The molecule has 4 nitrogen and oxygen atoms in total. The molecule has 2 atom stereocenters. The molecule has 0 radical (unpaired) electrons. The number of ether oxygens (including phenoxy) is 1. The van der Waals surface area contributed by atoms with E-state index < -0.39 is 0 Å². The predicted molar refractivity (Wildman–Crippen MR) is 70.1 cm³/mol. The van der Waals surface area contributed by atoms with Crippen LogP contribution in [0.25, 0.3) is 0 Å². The molecule has 2 heterocycles.